The molecule has 0 bridgehead atoms. The zero-order valence-electron chi connectivity index (χ0n) is 23.6. The molecule has 41 heavy (non-hydrogen) atoms. The van der Waals surface area contributed by atoms with E-state index in [4.69, 9.17) is 23.2 Å². The second kappa shape index (κ2) is 17.3. The largest absolute Gasteiger partial charge is 0.329 e. The summed E-state index contributed by atoms with van der Waals surface area (Å²) < 4.78 is 29.4. The molecule has 5 nitrogen and oxygen atoms in total. The number of nitriles is 1. The molecule has 0 saturated carbocycles. The number of carbonyl (C=O) groups is 1. The van der Waals surface area contributed by atoms with Crippen LogP contribution in [0.3, 0.4) is 0 Å². The van der Waals surface area contributed by atoms with Crippen LogP contribution in [0.15, 0.2) is 66.7 Å². The summed E-state index contributed by atoms with van der Waals surface area (Å²) in [7, 11) is 0. The van der Waals surface area contributed by atoms with E-state index in [0.717, 1.165) is 18.7 Å². The monoisotopic (exact) mass is 620 g/mol. The van der Waals surface area contributed by atoms with Crippen molar-refractivity contribution in [3.63, 3.8) is 0 Å². The molecule has 220 valence electrons. The van der Waals surface area contributed by atoms with Gasteiger partial charge in [0.05, 0.1) is 17.0 Å². The Morgan fingerprint density at radius 2 is 1.78 bits per heavy atom. The molecule has 0 aliphatic carbocycles. The molecular formula is C31H36Cl2F2N4OS. The number of nitrogens with one attached hydrogen (secondary N) is 3. The van der Waals surface area contributed by atoms with Crippen LogP contribution < -0.4 is 15.4 Å². The van der Waals surface area contributed by atoms with Gasteiger partial charge in [0.1, 0.15) is 11.6 Å². The highest BCUT2D eigenvalue weighted by molar-refractivity contribution is 7.96. The van der Waals surface area contributed by atoms with Crippen LogP contribution in [0.1, 0.15) is 44.2 Å². The topological polar surface area (TPSA) is 77.0 Å². The first kappa shape index (κ1) is 34.5. The van der Waals surface area contributed by atoms with Gasteiger partial charge in [-0.3, -0.25) is 9.52 Å². The van der Waals surface area contributed by atoms with E-state index in [1.54, 1.807) is 36.2 Å². The summed E-state index contributed by atoms with van der Waals surface area (Å²) in [6, 6.07) is 21.0. The van der Waals surface area contributed by atoms with Gasteiger partial charge >= 0.3 is 0 Å². The van der Waals surface area contributed by atoms with E-state index in [9.17, 15) is 18.8 Å². The van der Waals surface area contributed by atoms with Gasteiger partial charge in [-0.25, -0.2) is 8.78 Å². The molecule has 0 radical (unpaired) electrons. The first-order valence-electron chi connectivity index (χ1n) is 13.0. The lowest BCUT2D eigenvalue weighted by Gasteiger charge is -2.26. The van der Waals surface area contributed by atoms with E-state index in [-0.39, 0.29) is 34.1 Å². The molecular weight excluding hydrogens is 585 g/mol. The molecule has 1 fully saturated rings. The average molecular weight is 622 g/mol. The molecule has 1 aliphatic heterocycles. The van der Waals surface area contributed by atoms with Crippen LogP contribution in [-0.2, 0) is 11.3 Å². The molecule has 4 rings (SSSR count). The van der Waals surface area contributed by atoms with Crippen molar-refractivity contribution < 1.29 is 13.6 Å². The van der Waals surface area contributed by atoms with Gasteiger partial charge in [-0.2, -0.15) is 5.26 Å². The highest BCUT2D eigenvalue weighted by Gasteiger charge is 2.39. The molecule has 3 N–H and O–H groups in total. The molecule has 0 spiro atoms. The van der Waals surface area contributed by atoms with Crippen molar-refractivity contribution in [1.29, 1.82) is 5.26 Å². The number of nitrogens with zero attached hydrogens (tertiary/aromatic N) is 1. The van der Waals surface area contributed by atoms with Crippen LogP contribution in [0, 0.1) is 34.3 Å². The molecule has 10 heteroatoms. The van der Waals surface area contributed by atoms with Gasteiger partial charge in [-0.05, 0) is 65.6 Å². The Kier molecular flexibility index (Phi) is 14.6. The third-order valence-electron chi connectivity index (χ3n) is 6.22. The fourth-order valence-corrected chi connectivity index (χ4v) is 5.03. The molecule has 1 aliphatic rings. The summed E-state index contributed by atoms with van der Waals surface area (Å²) in [5, 5.41) is 16.0. The molecule has 3 aromatic carbocycles. The zero-order valence-corrected chi connectivity index (χ0v) is 25.9. The molecule has 0 aromatic heterocycles. The van der Waals surface area contributed by atoms with Crippen molar-refractivity contribution >= 4 is 47.2 Å². The highest BCUT2D eigenvalue weighted by atomic mass is 35.5. The molecule has 3 aromatic rings. The van der Waals surface area contributed by atoms with Crippen molar-refractivity contribution in [3.8, 4) is 6.07 Å². The van der Waals surface area contributed by atoms with E-state index >= 15 is 0 Å². The number of amides is 1. The second-order valence-electron chi connectivity index (χ2n) is 10.6. The molecule has 1 heterocycles. The normalized spacial score (nSPS) is 17.8. The average Bonchev–Trinajstić information content (AvgIpc) is 3.31. The lowest BCUT2D eigenvalue weighted by atomic mass is 9.79. The third kappa shape index (κ3) is 12.0. The lowest BCUT2D eigenvalue weighted by Crippen LogP contribution is -2.31. The predicted octanol–water partition coefficient (Wildman–Crippen LogP) is 8.21. The molecule has 1 amide bonds. The Bertz CT molecular complexity index is 1270. The maximum Gasteiger partial charge on any atom is 0.211 e. The summed E-state index contributed by atoms with van der Waals surface area (Å²) in [5.41, 5.74) is 2.70. The second-order valence-corrected chi connectivity index (χ2v) is 12.1. The Labute approximate surface area is 256 Å². The van der Waals surface area contributed by atoms with E-state index in [1.807, 2.05) is 30.5 Å². The van der Waals surface area contributed by atoms with Crippen molar-refractivity contribution in [1.82, 2.24) is 10.0 Å². The van der Waals surface area contributed by atoms with Gasteiger partial charge in [0.15, 0.2) is 0 Å². The first-order valence-corrected chi connectivity index (χ1v) is 15.0. The fraction of sp³-hybridized carbons (Fsp3) is 0.355. The number of hydrogen-bond acceptors (Lipinski definition) is 5. The molecule has 3 unspecified atom stereocenters. The van der Waals surface area contributed by atoms with E-state index in [0.29, 0.717) is 23.5 Å². The number of halogens is 4. The van der Waals surface area contributed by atoms with Crippen LogP contribution in [-0.4, -0.2) is 25.3 Å². The van der Waals surface area contributed by atoms with Crippen LogP contribution in [0.4, 0.5) is 14.5 Å². The summed E-state index contributed by atoms with van der Waals surface area (Å²) in [5.74, 6) is -1.04. The Hall–Kier alpha value is -2.67. The smallest absolute Gasteiger partial charge is 0.211 e. The summed E-state index contributed by atoms with van der Waals surface area (Å²) in [6.07, 6.45) is 3.56. The van der Waals surface area contributed by atoms with Gasteiger partial charge < -0.3 is 10.6 Å². The van der Waals surface area contributed by atoms with Gasteiger partial charge in [-0.15, -0.1) is 0 Å². The van der Waals surface area contributed by atoms with Gasteiger partial charge in [0, 0.05) is 35.8 Å². The van der Waals surface area contributed by atoms with Crippen LogP contribution in [0.25, 0.3) is 0 Å². The van der Waals surface area contributed by atoms with Gasteiger partial charge in [0.25, 0.3) is 0 Å². The van der Waals surface area contributed by atoms with E-state index < -0.39 is 5.82 Å². The van der Waals surface area contributed by atoms with Crippen LogP contribution in [0.5, 0.6) is 0 Å². The maximum absolute atomic E-state index is 14.2. The fourth-order valence-electron chi connectivity index (χ4n) is 4.36. The quantitative estimate of drug-likeness (QED) is 0.183. The Morgan fingerprint density at radius 3 is 2.32 bits per heavy atom. The minimum Gasteiger partial charge on any atom is -0.329 e. The zero-order chi connectivity index (χ0) is 30.4. The maximum atomic E-state index is 14.2. The van der Waals surface area contributed by atoms with Crippen molar-refractivity contribution in [2.24, 2.45) is 11.3 Å². The summed E-state index contributed by atoms with van der Waals surface area (Å²) >= 11 is 12.8. The van der Waals surface area contributed by atoms with E-state index in [1.165, 1.54) is 23.8 Å². The first-order chi connectivity index (χ1) is 19.5. The number of benzene rings is 3. The van der Waals surface area contributed by atoms with Gasteiger partial charge in [-0.1, -0.05) is 86.3 Å². The number of rotatable bonds is 7. The SMILES string of the molecule is CC(C)(C)CC1NCC(c2cccc(Cl)c2F)C1C#N.CSNCc1ccc(NC=O)cc1.Fc1cccc(Cl)c1. The van der Waals surface area contributed by atoms with Crippen molar-refractivity contribution in [2.75, 3.05) is 18.1 Å². The number of anilines is 1. The van der Waals surface area contributed by atoms with Crippen LogP contribution in [0.2, 0.25) is 10.0 Å². The van der Waals surface area contributed by atoms with Crippen LogP contribution >= 0.6 is 35.1 Å². The third-order valence-corrected chi connectivity index (χ3v) is 7.18. The predicted molar refractivity (Wildman–Crippen MR) is 167 cm³/mol. The minimum atomic E-state index is -0.391. The van der Waals surface area contributed by atoms with Crippen molar-refractivity contribution in [2.45, 2.75) is 45.7 Å². The van der Waals surface area contributed by atoms with Gasteiger partial charge in [0.2, 0.25) is 6.41 Å². The van der Waals surface area contributed by atoms with E-state index in [2.05, 4.69) is 42.2 Å². The summed E-state index contributed by atoms with van der Waals surface area (Å²) in [4.78, 5) is 10.1. The minimum absolute atomic E-state index is 0.100. The Morgan fingerprint density at radius 1 is 1.10 bits per heavy atom. The highest BCUT2D eigenvalue weighted by Crippen LogP contribution is 2.38. The Balaban J connectivity index is 0.000000239. The molecule has 3 atom stereocenters. The molecule has 1 saturated heterocycles. The standard InChI is InChI=1S/C16H20ClFN2.C9H12N2OS.C6H4ClF/c1-16(2,3)7-14-11(8-19)12(9-20-14)10-5-4-6-13(17)15(10)18;1-13-11-6-8-2-4-9(5-3-8)10-7-12;7-5-2-1-3-6(8)4-5/h4-6,11-12,14,20H,7,9H2,1-3H3;2-5,7,11H,6H2,1H3,(H,10,12);1-4H. The number of hydrogen-bond donors (Lipinski definition) is 3. The summed E-state index contributed by atoms with van der Waals surface area (Å²) in [6.45, 7) is 7.90. The van der Waals surface area contributed by atoms with Crippen molar-refractivity contribution in [3.05, 3.63) is 99.5 Å². The lowest BCUT2D eigenvalue weighted by molar-refractivity contribution is -0.105. The number of carbonyl (C=O) groups excluding carboxylic acids is 1.